The summed E-state index contributed by atoms with van der Waals surface area (Å²) >= 11 is 0. The first-order chi connectivity index (χ1) is 8.26. The van der Waals surface area contributed by atoms with Crippen molar-refractivity contribution in [2.24, 2.45) is 0 Å². The highest BCUT2D eigenvalue weighted by Crippen LogP contribution is 2.01. The van der Waals surface area contributed by atoms with E-state index in [4.69, 9.17) is 9.84 Å². The van der Waals surface area contributed by atoms with Crippen LogP contribution in [0.1, 0.15) is 19.8 Å². The van der Waals surface area contributed by atoms with E-state index in [1.807, 2.05) is 0 Å². The summed E-state index contributed by atoms with van der Waals surface area (Å²) in [4.78, 5) is 15.8. The van der Waals surface area contributed by atoms with Gasteiger partial charge in [0.15, 0.2) is 0 Å². The molecule has 1 aliphatic heterocycles. The van der Waals surface area contributed by atoms with Crippen molar-refractivity contribution in [3.05, 3.63) is 0 Å². The fraction of sp³-hybridized carbons (Fsp3) is 0.917. The van der Waals surface area contributed by atoms with Crippen LogP contribution in [0.2, 0.25) is 0 Å². The number of aliphatic hydroxyl groups excluding tert-OH is 1. The molecule has 0 aromatic carbocycles. The average Bonchev–Trinajstić information content (AvgIpc) is 2.32. The Morgan fingerprint density at radius 1 is 1.24 bits per heavy atom. The highest BCUT2D eigenvalue weighted by molar-refractivity contribution is 5.71. The van der Waals surface area contributed by atoms with Gasteiger partial charge >= 0.3 is 5.97 Å². The fourth-order valence-corrected chi connectivity index (χ4v) is 1.87. The van der Waals surface area contributed by atoms with E-state index >= 15 is 0 Å². The van der Waals surface area contributed by atoms with E-state index in [1.165, 1.54) is 0 Å². The monoisotopic (exact) mass is 244 g/mol. The minimum atomic E-state index is -0.117. The highest BCUT2D eigenvalue weighted by atomic mass is 16.5. The van der Waals surface area contributed by atoms with Crippen molar-refractivity contribution < 1.29 is 14.6 Å². The molecule has 0 aromatic rings. The summed E-state index contributed by atoms with van der Waals surface area (Å²) in [6.07, 6.45) is 1.99. The van der Waals surface area contributed by atoms with Gasteiger partial charge in [-0.05, 0) is 6.42 Å². The lowest BCUT2D eigenvalue weighted by Crippen LogP contribution is -2.48. The van der Waals surface area contributed by atoms with Gasteiger partial charge in [0.25, 0.3) is 0 Å². The Bertz CT molecular complexity index is 216. The Hall–Kier alpha value is -0.650. The molecular formula is C12H24N2O3. The zero-order chi connectivity index (χ0) is 12.5. The third kappa shape index (κ3) is 6.00. The Morgan fingerprint density at radius 2 is 1.88 bits per heavy atom. The molecule has 1 rings (SSSR count). The zero-order valence-corrected chi connectivity index (χ0v) is 10.7. The molecule has 1 fully saturated rings. The van der Waals surface area contributed by atoms with Crippen LogP contribution in [0.5, 0.6) is 0 Å². The van der Waals surface area contributed by atoms with E-state index in [2.05, 4.69) is 16.7 Å². The number of carbonyl (C=O) groups is 1. The number of unbranched alkanes of at least 4 members (excludes halogenated alkanes) is 1. The Morgan fingerprint density at radius 3 is 2.47 bits per heavy atom. The van der Waals surface area contributed by atoms with Gasteiger partial charge < -0.3 is 9.84 Å². The van der Waals surface area contributed by atoms with E-state index < -0.39 is 0 Å². The molecular weight excluding hydrogens is 220 g/mol. The number of β-amino-alcohol motifs (C(OH)–C–C–N with tert-alkyl or cyclic N) is 1. The van der Waals surface area contributed by atoms with Crippen LogP contribution < -0.4 is 0 Å². The van der Waals surface area contributed by atoms with Crippen LogP contribution in [0.15, 0.2) is 0 Å². The second-order valence-electron chi connectivity index (χ2n) is 4.42. The maximum Gasteiger partial charge on any atom is 0.320 e. The van der Waals surface area contributed by atoms with Gasteiger partial charge in [-0.3, -0.25) is 14.6 Å². The van der Waals surface area contributed by atoms with Gasteiger partial charge in [0.1, 0.15) is 0 Å². The van der Waals surface area contributed by atoms with Gasteiger partial charge in [-0.25, -0.2) is 0 Å². The summed E-state index contributed by atoms with van der Waals surface area (Å²) in [7, 11) is 0. The van der Waals surface area contributed by atoms with E-state index in [9.17, 15) is 4.79 Å². The number of rotatable bonds is 7. The molecule has 0 aliphatic carbocycles. The minimum Gasteiger partial charge on any atom is -0.465 e. The van der Waals surface area contributed by atoms with Crippen LogP contribution in [0, 0.1) is 0 Å². The second kappa shape index (κ2) is 8.44. The number of nitrogens with zero attached hydrogens (tertiary/aromatic N) is 2. The van der Waals surface area contributed by atoms with Crippen molar-refractivity contribution in [1.29, 1.82) is 0 Å². The summed E-state index contributed by atoms with van der Waals surface area (Å²) < 4.78 is 5.13. The molecule has 0 spiro atoms. The van der Waals surface area contributed by atoms with Gasteiger partial charge in [0.2, 0.25) is 0 Å². The molecule has 1 heterocycles. The molecule has 1 saturated heterocycles. The Balaban J connectivity index is 2.10. The SMILES string of the molecule is CCCCOC(=O)CN1CCN(CCO)CC1. The molecule has 0 saturated carbocycles. The predicted octanol–water partition coefficient (Wildman–Crippen LogP) is -0.0604. The van der Waals surface area contributed by atoms with E-state index in [0.29, 0.717) is 13.2 Å². The number of aliphatic hydroxyl groups is 1. The van der Waals surface area contributed by atoms with E-state index in [1.54, 1.807) is 0 Å². The lowest BCUT2D eigenvalue weighted by molar-refractivity contribution is -0.145. The summed E-state index contributed by atoms with van der Waals surface area (Å²) in [6.45, 7) is 7.55. The molecule has 1 N–H and O–H groups in total. The van der Waals surface area contributed by atoms with Crippen molar-refractivity contribution in [1.82, 2.24) is 9.80 Å². The largest absolute Gasteiger partial charge is 0.465 e. The molecule has 0 aromatic heterocycles. The lowest BCUT2D eigenvalue weighted by Gasteiger charge is -2.33. The third-order valence-corrected chi connectivity index (χ3v) is 2.99. The Labute approximate surface area is 103 Å². The quantitative estimate of drug-likeness (QED) is 0.502. The van der Waals surface area contributed by atoms with Crippen LogP contribution in [0.3, 0.4) is 0 Å². The normalized spacial score (nSPS) is 18.2. The number of hydrogen-bond acceptors (Lipinski definition) is 5. The highest BCUT2D eigenvalue weighted by Gasteiger charge is 2.18. The van der Waals surface area contributed by atoms with Gasteiger partial charge in [0.05, 0.1) is 19.8 Å². The van der Waals surface area contributed by atoms with Crippen molar-refractivity contribution >= 4 is 5.97 Å². The van der Waals surface area contributed by atoms with Crippen LogP contribution in [0.4, 0.5) is 0 Å². The van der Waals surface area contributed by atoms with Crippen LogP contribution >= 0.6 is 0 Å². The van der Waals surface area contributed by atoms with Gasteiger partial charge in [0, 0.05) is 32.7 Å². The van der Waals surface area contributed by atoms with Crippen molar-refractivity contribution in [2.45, 2.75) is 19.8 Å². The number of carbonyl (C=O) groups excluding carboxylic acids is 1. The van der Waals surface area contributed by atoms with Crippen LogP contribution in [0.25, 0.3) is 0 Å². The molecule has 0 radical (unpaired) electrons. The fourth-order valence-electron chi connectivity index (χ4n) is 1.87. The maximum atomic E-state index is 11.5. The molecule has 1 aliphatic rings. The molecule has 100 valence electrons. The molecule has 0 bridgehead atoms. The van der Waals surface area contributed by atoms with Gasteiger partial charge in [-0.2, -0.15) is 0 Å². The predicted molar refractivity (Wildman–Crippen MR) is 65.8 cm³/mol. The number of piperazine rings is 1. The number of ether oxygens (including phenoxy) is 1. The smallest absolute Gasteiger partial charge is 0.320 e. The molecule has 0 unspecified atom stereocenters. The molecule has 17 heavy (non-hydrogen) atoms. The lowest BCUT2D eigenvalue weighted by atomic mass is 10.3. The van der Waals surface area contributed by atoms with Crippen LogP contribution in [-0.2, 0) is 9.53 Å². The van der Waals surface area contributed by atoms with Gasteiger partial charge in [-0.1, -0.05) is 13.3 Å². The first kappa shape index (κ1) is 14.4. The van der Waals surface area contributed by atoms with E-state index in [-0.39, 0.29) is 12.6 Å². The minimum absolute atomic E-state index is 0.117. The van der Waals surface area contributed by atoms with E-state index in [0.717, 1.165) is 45.6 Å². The molecule has 0 atom stereocenters. The second-order valence-corrected chi connectivity index (χ2v) is 4.42. The summed E-state index contributed by atoms with van der Waals surface area (Å²) in [5.41, 5.74) is 0. The van der Waals surface area contributed by atoms with Crippen molar-refractivity contribution in [3.8, 4) is 0 Å². The molecule has 5 heteroatoms. The summed E-state index contributed by atoms with van der Waals surface area (Å²) in [5.74, 6) is -0.117. The average molecular weight is 244 g/mol. The van der Waals surface area contributed by atoms with Crippen LogP contribution in [-0.4, -0.2) is 73.4 Å². The van der Waals surface area contributed by atoms with Crippen molar-refractivity contribution in [3.63, 3.8) is 0 Å². The zero-order valence-electron chi connectivity index (χ0n) is 10.7. The van der Waals surface area contributed by atoms with Gasteiger partial charge in [-0.15, -0.1) is 0 Å². The first-order valence-corrected chi connectivity index (χ1v) is 6.47. The topological polar surface area (TPSA) is 53.0 Å². The number of esters is 1. The van der Waals surface area contributed by atoms with Crippen molar-refractivity contribution in [2.75, 3.05) is 52.5 Å². The summed E-state index contributed by atoms with van der Waals surface area (Å²) in [6, 6.07) is 0. The Kier molecular flexibility index (Phi) is 7.16. The standard InChI is InChI=1S/C12H24N2O3/c1-2-3-10-17-12(16)11-14-6-4-13(5-7-14)8-9-15/h15H,2-11H2,1H3. The molecule has 5 nitrogen and oxygen atoms in total. The molecule has 0 amide bonds. The third-order valence-electron chi connectivity index (χ3n) is 2.99. The maximum absolute atomic E-state index is 11.5. The number of hydrogen-bond donors (Lipinski definition) is 1. The summed E-state index contributed by atoms with van der Waals surface area (Å²) in [5, 5.41) is 8.82. The first-order valence-electron chi connectivity index (χ1n) is 6.47.